The van der Waals surface area contributed by atoms with Gasteiger partial charge in [-0.15, -0.1) is 10.2 Å². The molecular weight excluding hydrogens is 182 g/mol. The van der Waals surface area contributed by atoms with Crippen LogP contribution in [-0.4, -0.2) is 27.8 Å². The van der Waals surface area contributed by atoms with Gasteiger partial charge < -0.3 is 9.30 Å². The fourth-order valence-electron chi connectivity index (χ4n) is 0.705. The van der Waals surface area contributed by atoms with E-state index in [9.17, 15) is 4.79 Å². The molecule has 0 unspecified atom stereocenters. The maximum Gasteiger partial charge on any atom is 0.307 e. The summed E-state index contributed by atoms with van der Waals surface area (Å²) in [7, 11) is 1.34. The third-order valence-corrected chi connectivity index (χ3v) is 1.65. The molecule has 66 valence electrons. The van der Waals surface area contributed by atoms with Gasteiger partial charge in [0.05, 0.1) is 13.5 Å². The topological polar surface area (TPSA) is 57.0 Å². The van der Waals surface area contributed by atoms with E-state index >= 15 is 0 Å². The molecule has 0 aliphatic rings. The van der Waals surface area contributed by atoms with Crippen LogP contribution in [-0.2, 0) is 16.1 Å². The van der Waals surface area contributed by atoms with Crippen molar-refractivity contribution in [2.45, 2.75) is 13.0 Å². The van der Waals surface area contributed by atoms with Crippen LogP contribution < -0.4 is 0 Å². The Bertz CT molecular complexity index is 274. The van der Waals surface area contributed by atoms with Gasteiger partial charge in [0.15, 0.2) is 0 Å². The van der Waals surface area contributed by atoms with Crippen LogP contribution in [0.3, 0.4) is 0 Å². The standard InChI is InChI=1S/C6H8ClN3O2/c1-12-5(11)2-3-10-4-8-9-6(10)7/h4H,2-3H2,1H3. The Morgan fingerprint density at radius 3 is 3.08 bits per heavy atom. The highest BCUT2D eigenvalue weighted by molar-refractivity contribution is 6.28. The number of halogens is 1. The van der Waals surface area contributed by atoms with E-state index in [1.165, 1.54) is 13.4 Å². The van der Waals surface area contributed by atoms with E-state index in [-0.39, 0.29) is 17.7 Å². The molecule has 0 spiro atoms. The summed E-state index contributed by atoms with van der Waals surface area (Å²) in [6, 6.07) is 0. The van der Waals surface area contributed by atoms with E-state index in [0.717, 1.165) is 0 Å². The van der Waals surface area contributed by atoms with Crippen LogP contribution in [0, 0.1) is 0 Å². The molecule has 0 aliphatic heterocycles. The van der Waals surface area contributed by atoms with E-state index in [1.807, 2.05) is 0 Å². The van der Waals surface area contributed by atoms with Gasteiger partial charge in [-0.3, -0.25) is 4.79 Å². The lowest BCUT2D eigenvalue weighted by Crippen LogP contribution is -2.06. The SMILES string of the molecule is COC(=O)CCn1cnnc1Cl. The quantitative estimate of drug-likeness (QED) is 0.650. The van der Waals surface area contributed by atoms with Gasteiger partial charge in [-0.05, 0) is 11.6 Å². The van der Waals surface area contributed by atoms with Gasteiger partial charge in [0, 0.05) is 6.54 Å². The Labute approximate surface area is 74.3 Å². The molecule has 5 nitrogen and oxygen atoms in total. The van der Waals surface area contributed by atoms with E-state index in [1.54, 1.807) is 4.57 Å². The number of ether oxygens (including phenoxy) is 1. The summed E-state index contributed by atoms with van der Waals surface area (Å²) in [5, 5.41) is 7.38. The molecule has 1 aromatic rings. The second kappa shape index (κ2) is 4.06. The lowest BCUT2D eigenvalue weighted by molar-refractivity contribution is -0.140. The van der Waals surface area contributed by atoms with E-state index in [0.29, 0.717) is 6.54 Å². The minimum Gasteiger partial charge on any atom is -0.469 e. The van der Waals surface area contributed by atoms with Gasteiger partial charge in [0.25, 0.3) is 0 Å². The number of methoxy groups -OCH3 is 1. The molecule has 0 amide bonds. The summed E-state index contributed by atoms with van der Waals surface area (Å²) < 4.78 is 6.02. The van der Waals surface area contributed by atoms with Gasteiger partial charge >= 0.3 is 5.97 Å². The zero-order chi connectivity index (χ0) is 8.97. The van der Waals surface area contributed by atoms with Gasteiger partial charge in [0.1, 0.15) is 6.33 Å². The number of esters is 1. The first-order valence-electron chi connectivity index (χ1n) is 3.34. The van der Waals surface area contributed by atoms with Crippen LogP contribution in [0.2, 0.25) is 5.28 Å². The summed E-state index contributed by atoms with van der Waals surface area (Å²) >= 11 is 5.60. The maximum atomic E-state index is 10.7. The van der Waals surface area contributed by atoms with Crippen molar-refractivity contribution in [2.24, 2.45) is 0 Å². The highest BCUT2D eigenvalue weighted by Crippen LogP contribution is 2.03. The summed E-state index contributed by atoms with van der Waals surface area (Å²) in [6.07, 6.45) is 1.74. The van der Waals surface area contributed by atoms with Gasteiger partial charge in [0.2, 0.25) is 5.28 Å². The number of carbonyl (C=O) groups excluding carboxylic acids is 1. The number of hydrogen-bond acceptors (Lipinski definition) is 4. The predicted molar refractivity (Wildman–Crippen MR) is 41.7 cm³/mol. The summed E-state index contributed by atoms with van der Waals surface area (Å²) in [5.41, 5.74) is 0. The normalized spacial score (nSPS) is 9.83. The van der Waals surface area contributed by atoms with E-state index in [2.05, 4.69) is 14.9 Å². The van der Waals surface area contributed by atoms with Crippen molar-refractivity contribution in [1.29, 1.82) is 0 Å². The maximum absolute atomic E-state index is 10.7. The van der Waals surface area contributed by atoms with Gasteiger partial charge in [-0.25, -0.2) is 0 Å². The van der Waals surface area contributed by atoms with E-state index in [4.69, 9.17) is 11.6 Å². The lowest BCUT2D eigenvalue weighted by atomic mass is 10.4. The monoisotopic (exact) mass is 189 g/mol. The van der Waals surface area contributed by atoms with Gasteiger partial charge in [-0.1, -0.05) is 0 Å². The summed E-state index contributed by atoms with van der Waals surface area (Å²) in [6.45, 7) is 0.443. The van der Waals surface area contributed by atoms with Crippen molar-refractivity contribution in [1.82, 2.24) is 14.8 Å². The first-order chi connectivity index (χ1) is 5.74. The van der Waals surface area contributed by atoms with Crippen molar-refractivity contribution in [3.05, 3.63) is 11.6 Å². The smallest absolute Gasteiger partial charge is 0.307 e. The molecule has 12 heavy (non-hydrogen) atoms. The van der Waals surface area contributed by atoms with Crippen molar-refractivity contribution in [2.75, 3.05) is 7.11 Å². The highest BCUT2D eigenvalue weighted by Gasteiger charge is 2.03. The fourth-order valence-corrected chi connectivity index (χ4v) is 0.876. The molecule has 0 saturated carbocycles. The molecular formula is C6H8ClN3O2. The Morgan fingerprint density at radius 2 is 2.58 bits per heavy atom. The van der Waals surface area contributed by atoms with Crippen LogP contribution in [0.25, 0.3) is 0 Å². The molecule has 0 aromatic carbocycles. The molecule has 0 N–H and O–H groups in total. The Kier molecular flexibility index (Phi) is 3.04. The minimum atomic E-state index is -0.278. The molecule has 0 radical (unpaired) electrons. The number of hydrogen-bond donors (Lipinski definition) is 0. The fraction of sp³-hybridized carbons (Fsp3) is 0.500. The third-order valence-electron chi connectivity index (χ3n) is 1.35. The Morgan fingerprint density at radius 1 is 1.83 bits per heavy atom. The van der Waals surface area contributed by atoms with Crippen LogP contribution >= 0.6 is 11.6 Å². The zero-order valence-electron chi connectivity index (χ0n) is 6.53. The molecule has 0 atom stereocenters. The molecule has 0 saturated heterocycles. The van der Waals surface area contributed by atoms with Gasteiger partial charge in [-0.2, -0.15) is 0 Å². The minimum absolute atomic E-state index is 0.272. The second-order valence-electron chi connectivity index (χ2n) is 2.12. The van der Waals surface area contributed by atoms with Crippen molar-refractivity contribution >= 4 is 17.6 Å². The lowest BCUT2D eigenvalue weighted by Gasteiger charge is -2.00. The van der Waals surface area contributed by atoms with Crippen LogP contribution in [0.5, 0.6) is 0 Å². The van der Waals surface area contributed by atoms with Crippen molar-refractivity contribution in [3.8, 4) is 0 Å². The molecule has 0 aliphatic carbocycles. The molecule has 1 heterocycles. The zero-order valence-corrected chi connectivity index (χ0v) is 7.28. The van der Waals surface area contributed by atoms with Crippen LogP contribution in [0.4, 0.5) is 0 Å². The molecule has 6 heteroatoms. The van der Waals surface area contributed by atoms with Crippen molar-refractivity contribution < 1.29 is 9.53 Å². The number of nitrogens with zero attached hydrogens (tertiary/aromatic N) is 3. The average Bonchev–Trinajstić information content (AvgIpc) is 2.47. The summed E-state index contributed by atoms with van der Waals surface area (Å²) in [5.74, 6) is -0.278. The first-order valence-corrected chi connectivity index (χ1v) is 3.72. The van der Waals surface area contributed by atoms with E-state index < -0.39 is 0 Å². The predicted octanol–water partition coefficient (Wildman–Crippen LogP) is 0.495. The van der Waals surface area contributed by atoms with Crippen LogP contribution in [0.1, 0.15) is 6.42 Å². The Balaban J connectivity index is 2.43. The number of aryl methyl sites for hydroxylation is 1. The Hall–Kier alpha value is -1.10. The summed E-state index contributed by atoms with van der Waals surface area (Å²) in [4.78, 5) is 10.7. The third kappa shape index (κ3) is 2.20. The second-order valence-corrected chi connectivity index (χ2v) is 2.46. The molecule has 1 aromatic heterocycles. The highest BCUT2D eigenvalue weighted by atomic mass is 35.5. The average molecular weight is 190 g/mol. The number of carbonyl (C=O) groups is 1. The first kappa shape index (κ1) is 8.99. The molecule has 0 fully saturated rings. The largest absolute Gasteiger partial charge is 0.469 e. The van der Waals surface area contributed by atoms with Crippen LogP contribution in [0.15, 0.2) is 6.33 Å². The molecule has 0 bridgehead atoms. The number of aromatic nitrogens is 3. The number of rotatable bonds is 3. The molecule has 1 rings (SSSR count). The van der Waals surface area contributed by atoms with Crippen molar-refractivity contribution in [3.63, 3.8) is 0 Å².